The Labute approximate surface area is 112 Å². The first-order chi connectivity index (χ1) is 8.74. The highest BCUT2D eigenvalue weighted by Gasteiger charge is 2.00. The Morgan fingerprint density at radius 2 is 1.89 bits per heavy atom. The summed E-state index contributed by atoms with van der Waals surface area (Å²) in [5, 5.41) is 8.62. The van der Waals surface area contributed by atoms with Crippen LogP contribution in [-0.2, 0) is 10.8 Å². The minimum absolute atomic E-state index is 0.127. The summed E-state index contributed by atoms with van der Waals surface area (Å²) in [6, 6.07) is 7.95. The molecule has 1 unspecified atom stereocenters. The average Bonchev–Trinajstić information content (AvgIpc) is 2.38. The van der Waals surface area contributed by atoms with E-state index >= 15 is 0 Å². The van der Waals surface area contributed by atoms with E-state index in [9.17, 15) is 4.21 Å². The molecule has 1 aromatic rings. The number of aliphatic hydroxyl groups excluding tert-OH is 1. The Balaban J connectivity index is 2.09. The molecule has 1 rings (SSSR count). The van der Waals surface area contributed by atoms with Crippen LogP contribution in [-0.4, -0.2) is 34.0 Å². The summed E-state index contributed by atoms with van der Waals surface area (Å²) < 4.78 is 17.1. The monoisotopic (exact) mass is 270 g/mol. The third-order valence-corrected chi connectivity index (χ3v) is 4.14. The van der Waals surface area contributed by atoms with Crippen molar-refractivity contribution < 1.29 is 14.1 Å². The average molecular weight is 270 g/mol. The fourth-order valence-electron chi connectivity index (χ4n) is 1.59. The van der Waals surface area contributed by atoms with Gasteiger partial charge in [-0.2, -0.15) is 0 Å². The van der Waals surface area contributed by atoms with Crippen LogP contribution < -0.4 is 4.74 Å². The molecule has 0 saturated carbocycles. The lowest BCUT2D eigenvalue weighted by Crippen LogP contribution is -2.06. The van der Waals surface area contributed by atoms with Gasteiger partial charge in [-0.1, -0.05) is 18.2 Å². The van der Waals surface area contributed by atoms with E-state index in [4.69, 9.17) is 9.84 Å². The summed E-state index contributed by atoms with van der Waals surface area (Å²) >= 11 is 0. The molecule has 0 aliphatic heterocycles. The maximum Gasteiger partial charge on any atom is 0.122 e. The number of hydrogen-bond donors (Lipinski definition) is 1. The second kappa shape index (κ2) is 9.11. The number of para-hydroxylation sites is 1. The molecular weight excluding hydrogens is 248 g/mol. The van der Waals surface area contributed by atoms with Crippen LogP contribution in [0.1, 0.15) is 24.8 Å². The number of hydrogen-bond acceptors (Lipinski definition) is 3. The van der Waals surface area contributed by atoms with Gasteiger partial charge in [0.15, 0.2) is 0 Å². The van der Waals surface area contributed by atoms with E-state index in [2.05, 4.69) is 0 Å². The molecule has 0 amide bonds. The molecule has 0 fully saturated rings. The molecule has 0 bridgehead atoms. The zero-order chi connectivity index (χ0) is 13.2. The molecule has 1 atom stereocenters. The lowest BCUT2D eigenvalue weighted by molar-refractivity contribution is 0.295. The van der Waals surface area contributed by atoms with Crippen LogP contribution in [0.5, 0.6) is 5.75 Å². The highest BCUT2D eigenvalue weighted by molar-refractivity contribution is 7.84. The van der Waals surface area contributed by atoms with Gasteiger partial charge in [0.1, 0.15) is 5.75 Å². The first-order valence-corrected chi connectivity index (χ1v) is 7.87. The SMILES string of the molecule is Cc1ccccc1OCCCCS(=O)CCCO. The molecule has 0 aromatic heterocycles. The van der Waals surface area contributed by atoms with Crippen LogP contribution in [0.3, 0.4) is 0 Å². The highest BCUT2D eigenvalue weighted by Crippen LogP contribution is 2.16. The van der Waals surface area contributed by atoms with Crippen molar-refractivity contribution in [3.63, 3.8) is 0 Å². The molecule has 0 spiro atoms. The predicted molar refractivity (Wildman–Crippen MR) is 75.5 cm³/mol. The first-order valence-electron chi connectivity index (χ1n) is 6.38. The summed E-state index contributed by atoms with van der Waals surface area (Å²) in [5.74, 6) is 2.24. The molecule has 4 heteroatoms. The van der Waals surface area contributed by atoms with Crippen molar-refractivity contribution in [3.8, 4) is 5.75 Å². The van der Waals surface area contributed by atoms with Crippen LogP contribution in [0, 0.1) is 6.92 Å². The second-order valence-corrected chi connectivity index (χ2v) is 5.94. The lowest BCUT2D eigenvalue weighted by atomic mass is 10.2. The van der Waals surface area contributed by atoms with Crippen LogP contribution in [0.2, 0.25) is 0 Å². The quantitative estimate of drug-likeness (QED) is 0.700. The van der Waals surface area contributed by atoms with Crippen molar-refractivity contribution in [2.75, 3.05) is 24.7 Å². The molecule has 0 heterocycles. The topological polar surface area (TPSA) is 46.5 Å². The van der Waals surface area contributed by atoms with Crippen molar-refractivity contribution >= 4 is 10.8 Å². The number of rotatable bonds is 9. The van der Waals surface area contributed by atoms with Gasteiger partial charge in [-0.05, 0) is 37.8 Å². The fourth-order valence-corrected chi connectivity index (χ4v) is 2.77. The predicted octanol–water partition coefficient (Wildman–Crippen LogP) is 2.29. The zero-order valence-corrected chi connectivity index (χ0v) is 11.7. The van der Waals surface area contributed by atoms with Crippen molar-refractivity contribution in [1.82, 2.24) is 0 Å². The van der Waals surface area contributed by atoms with Gasteiger partial charge in [0.25, 0.3) is 0 Å². The van der Waals surface area contributed by atoms with Crippen LogP contribution >= 0.6 is 0 Å². The van der Waals surface area contributed by atoms with Crippen molar-refractivity contribution in [1.29, 1.82) is 0 Å². The third kappa shape index (κ3) is 6.17. The van der Waals surface area contributed by atoms with Gasteiger partial charge < -0.3 is 9.84 Å². The van der Waals surface area contributed by atoms with Gasteiger partial charge in [-0.3, -0.25) is 4.21 Å². The van der Waals surface area contributed by atoms with Gasteiger partial charge in [-0.25, -0.2) is 0 Å². The van der Waals surface area contributed by atoms with Crippen LogP contribution in [0.25, 0.3) is 0 Å². The van der Waals surface area contributed by atoms with E-state index in [1.54, 1.807) is 0 Å². The Hall–Kier alpha value is -0.870. The van der Waals surface area contributed by atoms with Crippen LogP contribution in [0.15, 0.2) is 24.3 Å². The fraction of sp³-hybridized carbons (Fsp3) is 0.571. The number of aliphatic hydroxyl groups is 1. The maximum absolute atomic E-state index is 11.4. The van der Waals surface area contributed by atoms with Gasteiger partial charge in [0, 0.05) is 28.9 Å². The van der Waals surface area contributed by atoms with Crippen LogP contribution in [0.4, 0.5) is 0 Å². The van der Waals surface area contributed by atoms with E-state index in [1.165, 1.54) is 0 Å². The highest BCUT2D eigenvalue weighted by atomic mass is 32.2. The maximum atomic E-state index is 11.4. The molecule has 0 aliphatic carbocycles. The van der Waals surface area contributed by atoms with Gasteiger partial charge in [-0.15, -0.1) is 0 Å². The Morgan fingerprint density at radius 1 is 1.17 bits per heavy atom. The summed E-state index contributed by atoms with van der Waals surface area (Å²) in [4.78, 5) is 0. The Kier molecular flexibility index (Phi) is 7.69. The van der Waals surface area contributed by atoms with E-state index in [0.717, 1.165) is 24.2 Å². The minimum Gasteiger partial charge on any atom is -0.493 e. The molecule has 18 heavy (non-hydrogen) atoms. The van der Waals surface area contributed by atoms with E-state index in [0.29, 0.717) is 24.5 Å². The number of unbranched alkanes of at least 4 members (excludes halogenated alkanes) is 1. The summed E-state index contributed by atoms with van der Waals surface area (Å²) in [6.45, 7) is 2.82. The number of benzene rings is 1. The minimum atomic E-state index is -0.788. The van der Waals surface area contributed by atoms with Crippen molar-refractivity contribution in [2.45, 2.75) is 26.2 Å². The van der Waals surface area contributed by atoms with Gasteiger partial charge in [0.2, 0.25) is 0 Å². The van der Waals surface area contributed by atoms with E-state index in [1.807, 2.05) is 31.2 Å². The molecule has 1 aromatic carbocycles. The number of aryl methyl sites for hydroxylation is 1. The first kappa shape index (κ1) is 15.2. The normalized spacial score (nSPS) is 12.3. The largest absolute Gasteiger partial charge is 0.493 e. The van der Waals surface area contributed by atoms with Crippen molar-refractivity contribution in [2.24, 2.45) is 0 Å². The van der Waals surface area contributed by atoms with Crippen molar-refractivity contribution in [3.05, 3.63) is 29.8 Å². The molecule has 1 N–H and O–H groups in total. The van der Waals surface area contributed by atoms with Gasteiger partial charge >= 0.3 is 0 Å². The molecule has 102 valence electrons. The molecular formula is C14H22O3S. The van der Waals surface area contributed by atoms with Gasteiger partial charge in [0.05, 0.1) is 6.61 Å². The lowest BCUT2D eigenvalue weighted by Gasteiger charge is -2.08. The molecule has 0 aliphatic rings. The third-order valence-electron chi connectivity index (χ3n) is 2.65. The smallest absolute Gasteiger partial charge is 0.122 e. The zero-order valence-electron chi connectivity index (χ0n) is 10.9. The molecule has 3 nitrogen and oxygen atoms in total. The summed E-state index contributed by atoms with van der Waals surface area (Å²) in [6.07, 6.45) is 2.45. The molecule has 0 saturated heterocycles. The summed E-state index contributed by atoms with van der Waals surface area (Å²) in [5.41, 5.74) is 1.14. The second-order valence-electron chi connectivity index (χ2n) is 4.25. The number of ether oxygens (including phenoxy) is 1. The standard InChI is InChI=1S/C14H22O3S/c1-13-7-2-3-8-14(13)17-10-4-5-11-18(16)12-6-9-15/h2-3,7-8,15H,4-6,9-12H2,1H3. The Morgan fingerprint density at radius 3 is 2.61 bits per heavy atom. The Bertz CT molecular complexity index is 366. The molecule has 0 radical (unpaired) electrons. The van der Waals surface area contributed by atoms with E-state index < -0.39 is 10.8 Å². The van der Waals surface area contributed by atoms with E-state index in [-0.39, 0.29) is 6.61 Å². The summed E-state index contributed by atoms with van der Waals surface area (Å²) in [7, 11) is -0.788.